The molecule has 0 aliphatic heterocycles. The van der Waals surface area contributed by atoms with Crippen molar-refractivity contribution in [2.24, 2.45) is 0 Å². The zero-order chi connectivity index (χ0) is 13.8. The number of hydrogen-bond donors (Lipinski definition) is 1. The smallest absolute Gasteiger partial charge is 0.126 e. The van der Waals surface area contributed by atoms with Gasteiger partial charge < -0.3 is 9.73 Å². The quantitative estimate of drug-likeness (QED) is 0.756. The molecule has 4 heteroatoms. The SMILES string of the molecule is Cc1ccc(NCCc2csc(-c3ccoc3)n2)cc1. The van der Waals surface area contributed by atoms with Gasteiger partial charge in [-0.25, -0.2) is 4.98 Å². The van der Waals surface area contributed by atoms with E-state index < -0.39 is 0 Å². The second-order valence-corrected chi connectivity index (χ2v) is 5.56. The minimum absolute atomic E-state index is 0.887. The van der Waals surface area contributed by atoms with Gasteiger partial charge in [-0.2, -0.15) is 0 Å². The van der Waals surface area contributed by atoms with Crippen molar-refractivity contribution in [3.8, 4) is 10.6 Å². The molecule has 0 atom stereocenters. The molecular weight excluding hydrogens is 268 g/mol. The highest BCUT2D eigenvalue weighted by Gasteiger charge is 2.05. The maximum Gasteiger partial charge on any atom is 0.126 e. The number of hydrogen-bond acceptors (Lipinski definition) is 4. The largest absolute Gasteiger partial charge is 0.472 e. The summed E-state index contributed by atoms with van der Waals surface area (Å²) in [5, 5.41) is 6.54. The highest BCUT2D eigenvalue weighted by atomic mass is 32.1. The van der Waals surface area contributed by atoms with Crippen LogP contribution in [0.4, 0.5) is 5.69 Å². The maximum absolute atomic E-state index is 5.08. The van der Waals surface area contributed by atoms with E-state index in [2.05, 4.69) is 46.9 Å². The molecule has 0 fully saturated rings. The van der Waals surface area contributed by atoms with Crippen molar-refractivity contribution in [1.29, 1.82) is 0 Å². The van der Waals surface area contributed by atoms with E-state index in [-0.39, 0.29) is 0 Å². The predicted octanol–water partition coefficient (Wildman–Crippen LogP) is 4.37. The Morgan fingerprint density at radius 2 is 2.05 bits per heavy atom. The van der Waals surface area contributed by atoms with E-state index in [1.165, 1.54) is 5.56 Å². The van der Waals surface area contributed by atoms with Crippen LogP contribution in [0.1, 0.15) is 11.3 Å². The number of anilines is 1. The molecule has 3 aromatic rings. The Labute approximate surface area is 122 Å². The number of benzene rings is 1. The van der Waals surface area contributed by atoms with Crippen LogP contribution in [0.15, 0.2) is 52.7 Å². The Morgan fingerprint density at radius 1 is 1.20 bits per heavy atom. The van der Waals surface area contributed by atoms with Crippen LogP contribution in [-0.4, -0.2) is 11.5 Å². The molecule has 2 heterocycles. The molecule has 0 spiro atoms. The summed E-state index contributed by atoms with van der Waals surface area (Å²) in [5.74, 6) is 0. The van der Waals surface area contributed by atoms with Gasteiger partial charge in [-0.1, -0.05) is 17.7 Å². The second kappa shape index (κ2) is 5.92. The predicted molar refractivity (Wildman–Crippen MR) is 83.2 cm³/mol. The fourth-order valence-electron chi connectivity index (χ4n) is 1.95. The highest BCUT2D eigenvalue weighted by molar-refractivity contribution is 7.13. The van der Waals surface area contributed by atoms with Gasteiger partial charge in [0.25, 0.3) is 0 Å². The Kier molecular flexibility index (Phi) is 3.83. The van der Waals surface area contributed by atoms with Gasteiger partial charge in [-0.05, 0) is 25.1 Å². The highest BCUT2D eigenvalue weighted by Crippen LogP contribution is 2.24. The van der Waals surface area contributed by atoms with Gasteiger partial charge in [0.05, 0.1) is 12.0 Å². The van der Waals surface area contributed by atoms with Gasteiger partial charge in [0.2, 0.25) is 0 Å². The summed E-state index contributed by atoms with van der Waals surface area (Å²) in [5.41, 5.74) is 4.60. The molecule has 0 unspecified atom stereocenters. The number of nitrogens with zero attached hydrogens (tertiary/aromatic N) is 1. The molecule has 3 nitrogen and oxygen atoms in total. The monoisotopic (exact) mass is 284 g/mol. The van der Waals surface area contributed by atoms with Gasteiger partial charge >= 0.3 is 0 Å². The van der Waals surface area contributed by atoms with Crippen molar-refractivity contribution < 1.29 is 4.42 Å². The fraction of sp³-hybridized carbons (Fsp3) is 0.188. The van der Waals surface area contributed by atoms with Gasteiger partial charge in [0.1, 0.15) is 11.3 Å². The van der Waals surface area contributed by atoms with Crippen molar-refractivity contribution in [3.05, 3.63) is 59.5 Å². The van der Waals surface area contributed by atoms with Crippen LogP contribution >= 0.6 is 11.3 Å². The van der Waals surface area contributed by atoms with Gasteiger partial charge in [0.15, 0.2) is 0 Å². The molecule has 0 saturated heterocycles. The average molecular weight is 284 g/mol. The molecule has 0 aliphatic carbocycles. The lowest BCUT2D eigenvalue weighted by Crippen LogP contribution is -2.04. The minimum Gasteiger partial charge on any atom is -0.472 e. The standard InChI is InChI=1S/C16H16N2OS/c1-12-2-4-14(5-3-12)17-8-6-15-11-20-16(18-15)13-7-9-19-10-13/h2-5,7,9-11,17H,6,8H2,1H3. The van der Waals surface area contributed by atoms with Crippen LogP contribution in [0.2, 0.25) is 0 Å². The Bertz CT molecular complexity index is 656. The lowest BCUT2D eigenvalue weighted by molar-refractivity contribution is 0.568. The molecule has 0 aliphatic rings. The third-order valence-corrected chi connectivity index (χ3v) is 4.02. The molecule has 0 saturated carbocycles. The van der Waals surface area contributed by atoms with E-state index in [0.717, 1.165) is 34.9 Å². The maximum atomic E-state index is 5.08. The summed E-state index contributed by atoms with van der Waals surface area (Å²) >= 11 is 1.66. The normalized spacial score (nSPS) is 10.7. The van der Waals surface area contributed by atoms with Crippen molar-refractivity contribution in [2.45, 2.75) is 13.3 Å². The van der Waals surface area contributed by atoms with Crippen molar-refractivity contribution in [1.82, 2.24) is 4.98 Å². The Hall–Kier alpha value is -2.07. The van der Waals surface area contributed by atoms with Crippen LogP contribution in [-0.2, 0) is 6.42 Å². The summed E-state index contributed by atoms with van der Waals surface area (Å²) in [6.07, 6.45) is 4.32. The summed E-state index contributed by atoms with van der Waals surface area (Å²) < 4.78 is 5.08. The summed E-state index contributed by atoms with van der Waals surface area (Å²) in [6.45, 7) is 2.98. The van der Waals surface area contributed by atoms with Crippen LogP contribution in [0.3, 0.4) is 0 Å². The third-order valence-electron chi connectivity index (χ3n) is 3.08. The summed E-state index contributed by atoms with van der Waals surface area (Å²) in [4.78, 5) is 4.62. The first kappa shape index (κ1) is 12.9. The average Bonchev–Trinajstić information content (AvgIpc) is 3.11. The lowest BCUT2D eigenvalue weighted by atomic mass is 10.2. The molecule has 102 valence electrons. The van der Waals surface area contributed by atoms with Crippen molar-refractivity contribution >= 4 is 17.0 Å². The van der Waals surface area contributed by atoms with Crippen molar-refractivity contribution in [3.63, 3.8) is 0 Å². The zero-order valence-corrected chi connectivity index (χ0v) is 12.1. The van der Waals surface area contributed by atoms with Crippen LogP contribution in [0, 0.1) is 6.92 Å². The third kappa shape index (κ3) is 3.08. The van der Waals surface area contributed by atoms with Gasteiger partial charge in [-0.3, -0.25) is 0 Å². The van der Waals surface area contributed by atoms with E-state index in [4.69, 9.17) is 4.42 Å². The van der Waals surface area contributed by atoms with E-state index in [0.29, 0.717) is 0 Å². The van der Waals surface area contributed by atoms with Crippen LogP contribution < -0.4 is 5.32 Å². The number of aromatic nitrogens is 1. The summed E-state index contributed by atoms with van der Waals surface area (Å²) in [6, 6.07) is 10.4. The van der Waals surface area contributed by atoms with E-state index in [1.807, 2.05) is 6.07 Å². The van der Waals surface area contributed by atoms with Crippen LogP contribution in [0.25, 0.3) is 10.6 Å². The Balaban J connectivity index is 1.55. The minimum atomic E-state index is 0.887. The molecule has 0 amide bonds. The molecular formula is C16H16N2OS. The first-order valence-electron chi connectivity index (χ1n) is 6.59. The van der Waals surface area contributed by atoms with Gasteiger partial charge in [-0.15, -0.1) is 11.3 Å². The topological polar surface area (TPSA) is 38.1 Å². The number of thiazole rings is 1. The number of nitrogens with one attached hydrogen (secondary N) is 1. The molecule has 3 rings (SSSR count). The van der Waals surface area contributed by atoms with Crippen LogP contribution in [0.5, 0.6) is 0 Å². The zero-order valence-electron chi connectivity index (χ0n) is 11.3. The van der Waals surface area contributed by atoms with Crippen molar-refractivity contribution in [2.75, 3.05) is 11.9 Å². The lowest BCUT2D eigenvalue weighted by Gasteiger charge is -2.05. The second-order valence-electron chi connectivity index (χ2n) is 4.70. The first-order valence-corrected chi connectivity index (χ1v) is 7.47. The number of furan rings is 1. The first-order chi connectivity index (χ1) is 9.81. The molecule has 1 N–H and O–H groups in total. The number of rotatable bonds is 5. The molecule has 1 aromatic carbocycles. The molecule has 2 aromatic heterocycles. The molecule has 0 bridgehead atoms. The molecule has 0 radical (unpaired) electrons. The molecule has 20 heavy (non-hydrogen) atoms. The van der Waals surface area contributed by atoms with Gasteiger partial charge in [0, 0.05) is 29.6 Å². The van der Waals surface area contributed by atoms with E-state index in [1.54, 1.807) is 23.9 Å². The van der Waals surface area contributed by atoms with E-state index >= 15 is 0 Å². The van der Waals surface area contributed by atoms with E-state index in [9.17, 15) is 0 Å². The fourth-order valence-corrected chi connectivity index (χ4v) is 2.79. The summed E-state index contributed by atoms with van der Waals surface area (Å²) in [7, 11) is 0. The number of aryl methyl sites for hydroxylation is 1. The Morgan fingerprint density at radius 3 is 2.80 bits per heavy atom.